The molecule has 0 unspecified atom stereocenters. The average molecular weight is 371 g/mol. The quantitative estimate of drug-likeness (QED) is 0.550. The molecule has 1 amide bonds. The largest absolute Gasteiger partial charge is 0.491 e. The fraction of sp³-hybridized carbons (Fsp3) is 0.400. The molecule has 1 aromatic heterocycles. The van der Waals surface area contributed by atoms with Crippen LogP contribution in [0.4, 0.5) is 5.69 Å². The van der Waals surface area contributed by atoms with Crippen molar-refractivity contribution in [2.45, 2.75) is 26.2 Å². The Morgan fingerprint density at radius 3 is 2.78 bits per heavy atom. The number of hydrogen-bond acceptors (Lipinski definition) is 5. The molecule has 0 spiro atoms. The van der Waals surface area contributed by atoms with E-state index >= 15 is 0 Å². The molecule has 144 valence electrons. The van der Waals surface area contributed by atoms with Gasteiger partial charge in [0, 0.05) is 29.7 Å². The summed E-state index contributed by atoms with van der Waals surface area (Å²) in [4.78, 5) is 20.9. The first-order chi connectivity index (χ1) is 13.2. The van der Waals surface area contributed by atoms with E-state index in [-0.39, 0.29) is 5.91 Å². The van der Waals surface area contributed by atoms with Crippen molar-refractivity contribution in [3.8, 4) is 5.75 Å². The Morgan fingerprint density at radius 1 is 1.22 bits per heavy atom. The minimum Gasteiger partial charge on any atom is -0.491 e. The molecule has 7 heteroatoms. The number of ether oxygens (including phenoxy) is 2. The maximum absolute atomic E-state index is 12.8. The number of nitrogens with zero attached hydrogens (tertiary/aromatic N) is 1. The first-order valence-electron chi connectivity index (χ1n) is 9.15. The predicted octanol–water partition coefficient (Wildman–Crippen LogP) is 3.37. The third-order valence-electron chi connectivity index (χ3n) is 4.35. The van der Waals surface area contributed by atoms with E-state index in [0.717, 1.165) is 42.0 Å². The number of aromatic nitrogens is 1. The molecular weight excluding hydrogens is 346 g/mol. The number of aromatic amines is 1. The van der Waals surface area contributed by atoms with Gasteiger partial charge in [-0.1, -0.05) is 5.16 Å². The number of carbonyl (C=O) groups is 1. The van der Waals surface area contributed by atoms with Crippen molar-refractivity contribution in [2.24, 2.45) is 5.16 Å². The van der Waals surface area contributed by atoms with Crippen LogP contribution in [0.5, 0.6) is 5.75 Å². The van der Waals surface area contributed by atoms with Gasteiger partial charge in [-0.2, -0.15) is 0 Å². The SMILES string of the molecule is CCOCCOc1ccc(NC(=O)c2c[nH]c3c2/C(=N/OC)CCC3)cc1. The number of carbonyl (C=O) groups excluding carboxylic acids is 1. The highest BCUT2D eigenvalue weighted by Crippen LogP contribution is 2.26. The molecule has 27 heavy (non-hydrogen) atoms. The number of nitrogens with one attached hydrogen (secondary N) is 2. The summed E-state index contributed by atoms with van der Waals surface area (Å²) >= 11 is 0. The molecule has 1 aliphatic carbocycles. The Kier molecular flexibility index (Phi) is 6.49. The lowest BCUT2D eigenvalue weighted by Crippen LogP contribution is -2.18. The Bertz CT molecular complexity index is 796. The second-order valence-corrected chi connectivity index (χ2v) is 6.15. The van der Waals surface area contributed by atoms with Gasteiger partial charge in [0.25, 0.3) is 5.91 Å². The summed E-state index contributed by atoms with van der Waals surface area (Å²) in [5.74, 6) is 0.560. The van der Waals surface area contributed by atoms with Crippen LogP contribution in [-0.4, -0.2) is 43.5 Å². The molecule has 1 aliphatic rings. The highest BCUT2D eigenvalue weighted by Gasteiger charge is 2.25. The van der Waals surface area contributed by atoms with E-state index in [9.17, 15) is 4.79 Å². The van der Waals surface area contributed by atoms with Crippen molar-refractivity contribution in [3.63, 3.8) is 0 Å². The smallest absolute Gasteiger partial charge is 0.257 e. The highest BCUT2D eigenvalue weighted by atomic mass is 16.6. The zero-order valence-corrected chi connectivity index (χ0v) is 15.7. The molecule has 3 rings (SSSR count). The lowest BCUT2D eigenvalue weighted by Gasteiger charge is -2.15. The number of H-pyrrole nitrogens is 1. The first-order valence-corrected chi connectivity index (χ1v) is 9.15. The maximum atomic E-state index is 12.8. The Hall–Kier alpha value is -2.80. The van der Waals surface area contributed by atoms with Crippen LogP contribution in [0.2, 0.25) is 0 Å². The number of hydrogen-bond donors (Lipinski definition) is 2. The minimum absolute atomic E-state index is 0.178. The number of benzene rings is 1. The summed E-state index contributed by atoms with van der Waals surface area (Å²) in [7, 11) is 1.52. The van der Waals surface area contributed by atoms with Gasteiger partial charge in [-0.3, -0.25) is 4.79 Å². The molecule has 0 saturated carbocycles. The van der Waals surface area contributed by atoms with Crippen LogP contribution in [0.3, 0.4) is 0 Å². The summed E-state index contributed by atoms with van der Waals surface area (Å²) in [6.07, 6.45) is 4.43. The second-order valence-electron chi connectivity index (χ2n) is 6.15. The van der Waals surface area contributed by atoms with Gasteiger partial charge >= 0.3 is 0 Å². The monoisotopic (exact) mass is 371 g/mol. The van der Waals surface area contributed by atoms with Crippen LogP contribution in [0.25, 0.3) is 0 Å². The normalized spacial score (nSPS) is 14.7. The summed E-state index contributed by atoms with van der Waals surface area (Å²) in [6.45, 7) is 3.67. The van der Waals surface area contributed by atoms with Crippen molar-refractivity contribution in [3.05, 3.63) is 47.3 Å². The van der Waals surface area contributed by atoms with Gasteiger partial charge in [0.1, 0.15) is 19.5 Å². The first kappa shape index (κ1) is 19.0. The van der Waals surface area contributed by atoms with Crippen LogP contribution < -0.4 is 10.1 Å². The molecule has 0 bridgehead atoms. The fourth-order valence-corrected chi connectivity index (χ4v) is 3.13. The van der Waals surface area contributed by atoms with Crippen LogP contribution in [0.1, 0.15) is 41.4 Å². The molecular formula is C20H25N3O4. The molecule has 1 heterocycles. The Morgan fingerprint density at radius 2 is 2.04 bits per heavy atom. The maximum Gasteiger partial charge on any atom is 0.257 e. The molecule has 0 radical (unpaired) electrons. The van der Waals surface area contributed by atoms with Gasteiger partial charge in [-0.15, -0.1) is 0 Å². The summed E-state index contributed by atoms with van der Waals surface area (Å²) in [6, 6.07) is 7.28. The third-order valence-corrected chi connectivity index (χ3v) is 4.35. The standard InChI is InChI=1S/C20H25N3O4/c1-3-26-11-12-27-15-9-7-14(8-10-15)22-20(24)16-13-21-17-5-4-6-18(19(16)17)23-25-2/h7-10,13,21H,3-6,11-12H2,1-2H3,(H,22,24)/b23-18+. The zero-order chi connectivity index (χ0) is 19.1. The third kappa shape index (κ3) is 4.68. The van der Waals surface area contributed by atoms with E-state index in [1.807, 2.05) is 31.2 Å². The average Bonchev–Trinajstić information content (AvgIpc) is 3.12. The van der Waals surface area contributed by atoms with E-state index in [1.165, 1.54) is 7.11 Å². The molecule has 1 aromatic carbocycles. The Balaban J connectivity index is 1.66. The number of oxime groups is 1. The lowest BCUT2D eigenvalue weighted by molar-refractivity contribution is 0.102. The highest BCUT2D eigenvalue weighted by molar-refractivity contribution is 6.15. The van der Waals surface area contributed by atoms with Gasteiger partial charge in [0.15, 0.2) is 0 Å². The minimum atomic E-state index is -0.178. The molecule has 0 fully saturated rings. The van der Waals surface area contributed by atoms with Crippen LogP contribution in [-0.2, 0) is 16.0 Å². The van der Waals surface area contributed by atoms with E-state index in [0.29, 0.717) is 31.1 Å². The zero-order valence-electron chi connectivity index (χ0n) is 15.7. The van der Waals surface area contributed by atoms with Crippen LogP contribution in [0.15, 0.2) is 35.6 Å². The van der Waals surface area contributed by atoms with Gasteiger partial charge < -0.3 is 24.6 Å². The van der Waals surface area contributed by atoms with Crippen molar-refractivity contribution in [2.75, 3.05) is 32.2 Å². The molecule has 0 atom stereocenters. The van der Waals surface area contributed by atoms with E-state index in [4.69, 9.17) is 14.3 Å². The van der Waals surface area contributed by atoms with Gasteiger partial charge in [0.05, 0.1) is 17.9 Å². The van der Waals surface area contributed by atoms with E-state index < -0.39 is 0 Å². The van der Waals surface area contributed by atoms with E-state index in [1.54, 1.807) is 6.20 Å². The van der Waals surface area contributed by atoms with Crippen LogP contribution >= 0.6 is 0 Å². The van der Waals surface area contributed by atoms with Crippen molar-refractivity contribution < 1.29 is 19.1 Å². The van der Waals surface area contributed by atoms with Gasteiger partial charge in [-0.25, -0.2) is 0 Å². The van der Waals surface area contributed by atoms with Crippen molar-refractivity contribution in [1.82, 2.24) is 4.98 Å². The van der Waals surface area contributed by atoms with Gasteiger partial charge in [0.2, 0.25) is 0 Å². The van der Waals surface area contributed by atoms with Gasteiger partial charge in [-0.05, 0) is 50.5 Å². The van der Waals surface area contributed by atoms with Crippen molar-refractivity contribution in [1.29, 1.82) is 0 Å². The number of fused-ring (bicyclic) bond motifs is 1. The predicted molar refractivity (Wildman–Crippen MR) is 104 cm³/mol. The fourth-order valence-electron chi connectivity index (χ4n) is 3.13. The molecule has 7 nitrogen and oxygen atoms in total. The Labute approximate surface area is 158 Å². The molecule has 2 aromatic rings. The second kappa shape index (κ2) is 9.23. The summed E-state index contributed by atoms with van der Waals surface area (Å²) in [5, 5.41) is 7.02. The number of anilines is 1. The molecule has 0 saturated heterocycles. The number of rotatable bonds is 8. The topological polar surface area (TPSA) is 84.9 Å². The lowest BCUT2D eigenvalue weighted by atomic mass is 9.93. The molecule has 0 aliphatic heterocycles. The number of amides is 1. The van der Waals surface area contributed by atoms with E-state index in [2.05, 4.69) is 15.5 Å². The summed E-state index contributed by atoms with van der Waals surface area (Å²) in [5.41, 5.74) is 3.98. The van der Waals surface area contributed by atoms with Crippen molar-refractivity contribution >= 4 is 17.3 Å². The number of aryl methyl sites for hydroxylation is 1. The summed E-state index contributed by atoms with van der Waals surface area (Å²) < 4.78 is 10.8. The van der Waals surface area contributed by atoms with Crippen LogP contribution in [0, 0.1) is 0 Å². The molecule has 2 N–H and O–H groups in total.